The summed E-state index contributed by atoms with van der Waals surface area (Å²) < 4.78 is 28.1. The van der Waals surface area contributed by atoms with E-state index < -0.39 is 11.6 Å². The second kappa shape index (κ2) is 6.33. The zero-order chi connectivity index (χ0) is 14.0. The van der Waals surface area contributed by atoms with Crippen molar-refractivity contribution in [2.24, 2.45) is 0 Å². The summed E-state index contributed by atoms with van der Waals surface area (Å²) in [5, 5.41) is 0.557. The van der Waals surface area contributed by atoms with Crippen LogP contribution < -0.4 is 0 Å². The van der Waals surface area contributed by atoms with Gasteiger partial charge >= 0.3 is 0 Å². The number of rotatable bonds is 3. The Morgan fingerprint density at radius 1 is 1.11 bits per heavy atom. The van der Waals surface area contributed by atoms with E-state index in [2.05, 4.69) is 31.9 Å². The third-order valence-corrected chi connectivity index (χ3v) is 4.39. The van der Waals surface area contributed by atoms with E-state index in [1.54, 1.807) is 6.07 Å². The van der Waals surface area contributed by atoms with Gasteiger partial charge in [0.1, 0.15) is 11.6 Å². The zero-order valence-electron chi connectivity index (χ0n) is 9.64. The highest BCUT2D eigenvalue weighted by atomic mass is 79.9. The molecule has 0 fully saturated rings. The predicted octanol–water partition coefficient (Wildman–Crippen LogP) is 6.06. The van der Waals surface area contributed by atoms with Crippen LogP contribution in [-0.4, -0.2) is 0 Å². The van der Waals surface area contributed by atoms with Gasteiger partial charge in [0.15, 0.2) is 0 Å². The molecule has 2 aromatic rings. The summed E-state index contributed by atoms with van der Waals surface area (Å²) in [6.07, 6.45) is 0.189. The van der Waals surface area contributed by atoms with Crippen LogP contribution in [0.25, 0.3) is 0 Å². The highest BCUT2D eigenvalue weighted by molar-refractivity contribution is 9.10. The summed E-state index contributed by atoms with van der Waals surface area (Å²) in [5.74, 6) is -1.09. The summed E-state index contributed by atoms with van der Waals surface area (Å²) in [6.45, 7) is 0. The van der Waals surface area contributed by atoms with Crippen LogP contribution in [-0.2, 0) is 6.42 Å². The highest BCUT2D eigenvalue weighted by Gasteiger charge is 2.17. The first kappa shape index (κ1) is 14.9. The Hall–Kier alpha value is -0.450. The predicted molar refractivity (Wildman–Crippen MR) is 80.9 cm³/mol. The van der Waals surface area contributed by atoms with E-state index in [1.807, 2.05) is 12.1 Å². The SMILES string of the molecule is Fc1cccc(F)c1CC(Br)c1cc(Br)ccc1Cl. The van der Waals surface area contributed by atoms with Crippen LogP contribution in [0.2, 0.25) is 5.02 Å². The first-order valence-corrected chi connectivity index (χ1v) is 7.59. The summed E-state index contributed by atoms with van der Waals surface area (Å²) >= 11 is 12.9. The summed E-state index contributed by atoms with van der Waals surface area (Å²) in [7, 11) is 0. The molecule has 2 aromatic carbocycles. The Morgan fingerprint density at radius 2 is 1.74 bits per heavy atom. The Labute approximate surface area is 132 Å². The maximum atomic E-state index is 13.6. The molecule has 0 bridgehead atoms. The molecule has 100 valence electrons. The van der Waals surface area contributed by atoms with Crippen molar-refractivity contribution in [3.63, 3.8) is 0 Å². The van der Waals surface area contributed by atoms with Crippen LogP contribution in [0, 0.1) is 11.6 Å². The van der Waals surface area contributed by atoms with E-state index in [0.29, 0.717) is 5.02 Å². The van der Waals surface area contributed by atoms with Crippen molar-refractivity contribution in [2.75, 3.05) is 0 Å². The fourth-order valence-electron chi connectivity index (χ4n) is 1.77. The molecule has 0 saturated carbocycles. The molecule has 0 radical (unpaired) electrons. The van der Waals surface area contributed by atoms with Crippen LogP contribution in [0.15, 0.2) is 40.9 Å². The third kappa shape index (κ3) is 3.56. The summed E-state index contributed by atoms with van der Waals surface area (Å²) in [4.78, 5) is -0.260. The van der Waals surface area contributed by atoms with E-state index in [9.17, 15) is 8.78 Å². The molecule has 0 heterocycles. The molecule has 0 aliphatic carbocycles. The van der Waals surface area contributed by atoms with Gasteiger partial charge in [-0.15, -0.1) is 0 Å². The third-order valence-electron chi connectivity index (χ3n) is 2.74. The number of hydrogen-bond donors (Lipinski definition) is 0. The molecule has 1 atom stereocenters. The van der Waals surface area contributed by atoms with Crippen LogP contribution in [0.5, 0.6) is 0 Å². The molecule has 0 aliphatic heterocycles. The maximum absolute atomic E-state index is 13.6. The molecule has 0 nitrogen and oxygen atoms in total. The molecule has 0 saturated heterocycles. The topological polar surface area (TPSA) is 0 Å². The smallest absolute Gasteiger partial charge is 0.129 e. The number of benzene rings is 2. The van der Waals surface area contributed by atoms with Crippen molar-refractivity contribution >= 4 is 43.5 Å². The van der Waals surface area contributed by atoms with Gasteiger partial charge in [0, 0.05) is 19.9 Å². The Morgan fingerprint density at radius 3 is 2.37 bits per heavy atom. The van der Waals surface area contributed by atoms with Crippen LogP contribution >= 0.6 is 43.5 Å². The van der Waals surface area contributed by atoms with E-state index in [1.165, 1.54) is 18.2 Å². The molecule has 0 aromatic heterocycles. The largest absolute Gasteiger partial charge is 0.207 e. The summed E-state index contributed by atoms with van der Waals surface area (Å²) in [6, 6.07) is 9.24. The van der Waals surface area contributed by atoms with E-state index >= 15 is 0 Å². The maximum Gasteiger partial charge on any atom is 0.129 e. The molecule has 5 heteroatoms. The molecular formula is C14H9Br2ClF2. The Kier molecular flexibility index (Phi) is 4.98. The monoisotopic (exact) mass is 408 g/mol. The fourth-order valence-corrected chi connectivity index (χ4v) is 3.23. The second-order valence-corrected chi connectivity index (χ2v) is 6.47. The normalized spacial score (nSPS) is 12.5. The van der Waals surface area contributed by atoms with Crippen molar-refractivity contribution in [1.29, 1.82) is 0 Å². The standard InChI is InChI=1S/C14H9Br2ClF2/c15-8-4-5-12(17)9(6-8)11(16)7-10-13(18)2-1-3-14(10)19/h1-6,11H,7H2. The van der Waals surface area contributed by atoms with Crippen molar-refractivity contribution in [3.8, 4) is 0 Å². The van der Waals surface area contributed by atoms with Crippen LogP contribution in [0.1, 0.15) is 16.0 Å². The van der Waals surface area contributed by atoms with Gasteiger partial charge in [-0.25, -0.2) is 8.78 Å². The fraction of sp³-hybridized carbons (Fsp3) is 0.143. The van der Waals surface area contributed by atoms with Gasteiger partial charge in [0.25, 0.3) is 0 Å². The molecule has 0 aliphatic rings. The second-order valence-electron chi connectivity index (χ2n) is 4.04. The van der Waals surface area contributed by atoms with E-state index in [4.69, 9.17) is 11.6 Å². The highest BCUT2D eigenvalue weighted by Crippen LogP contribution is 2.35. The van der Waals surface area contributed by atoms with Gasteiger partial charge in [-0.1, -0.05) is 49.5 Å². The van der Waals surface area contributed by atoms with Gasteiger partial charge in [-0.05, 0) is 42.3 Å². The number of halogens is 5. The van der Waals surface area contributed by atoms with E-state index in [-0.39, 0.29) is 16.8 Å². The minimum Gasteiger partial charge on any atom is -0.207 e. The first-order valence-electron chi connectivity index (χ1n) is 5.51. The Bertz CT molecular complexity index is 582. The van der Waals surface area contributed by atoms with Crippen molar-refractivity contribution in [3.05, 3.63) is 68.7 Å². The molecule has 1 unspecified atom stereocenters. The molecule has 2 rings (SSSR count). The van der Waals surface area contributed by atoms with Crippen molar-refractivity contribution < 1.29 is 8.78 Å². The molecular weight excluding hydrogens is 401 g/mol. The number of alkyl halides is 1. The van der Waals surface area contributed by atoms with Crippen molar-refractivity contribution in [2.45, 2.75) is 11.2 Å². The van der Waals surface area contributed by atoms with Gasteiger partial charge in [0.05, 0.1) is 0 Å². The minimum absolute atomic E-state index is 0.0559. The average Bonchev–Trinajstić information content (AvgIpc) is 2.37. The quantitative estimate of drug-likeness (QED) is 0.540. The molecule has 0 N–H and O–H groups in total. The van der Waals surface area contributed by atoms with Crippen molar-refractivity contribution in [1.82, 2.24) is 0 Å². The lowest BCUT2D eigenvalue weighted by Crippen LogP contribution is -2.02. The Balaban J connectivity index is 2.31. The lowest BCUT2D eigenvalue weighted by Gasteiger charge is -2.13. The summed E-state index contributed by atoms with van der Waals surface area (Å²) in [5.41, 5.74) is 0.846. The minimum atomic E-state index is -0.546. The lowest BCUT2D eigenvalue weighted by molar-refractivity contribution is 0.554. The van der Waals surface area contributed by atoms with Gasteiger partial charge in [-0.3, -0.25) is 0 Å². The van der Waals surface area contributed by atoms with Crippen LogP contribution in [0.4, 0.5) is 8.78 Å². The molecule has 0 spiro atoms. The number of hydrogen-bond acceptors (Lipinski definition) is 0. The van der Waals surface area contributed by atoms with Crippen LogP contribution in [0.3, 0.4) is 0 Å². The van der Waals surface area contributed by atoms with Gasteiger partial charge in [-0.2, -0.15) is 0 Å². The van der Waals surface area contributed by atoms with E-state index in [0.717, 1.165) is 10.0 Å². The van der Waals surface area contributed by atoms with Gasteiger partial charge in [0.2, 0.25) is 0 Å². The van der Waals surface area contributed by atoms with Gasteiger partial charge < -0.3 is 0 Å². The molecule has 0 amide bonds. The average molecular weight is 410 g/mol. The first-order chi connectivity index (χ1) is 8.99. The zero-order valence-corrected chi connectivity index (χ0v) is 13.6. The molecule has 19 heavy (non-hydrogen) atoms. The lowest BCUT2D eigenvalue weighted by atomic mass is 10.0.